The molecular formula is C9H14O4. The molecule has 1 N–H and O–H groups in total. The summed E-state index contributed by atoms with van der Waals surface area (Å²) in [5.74, 6) is 0.244. The summed E-state index contributed by atoms with van der Waals surface area (Å²) in [5, 5.41) is 9.34. The molecule has 0 aromatic heterocycles. The number of aliphatic hydroxyl groups excluding tert-OH is 1. The predicted octanol–water partition coefficient (Wildman–Crippen LogP) is 0.603. The molecule has 0 aliphatic carbocycles. The Balaban J connectivity index is 2.65. The highest BCUT2D eigenvalue weighted by molar-refractivity contribution is 5.93. The third kappa shape index (κ3) is 2.29. The fourth-order valence-electron chi connectivity index (χ4n) is 1.15. The molecule has 0 bridgehead atoms. The molecule has 0 unspecified atom stereocenters. The smallest absolute Gasteiger partial charge is 0.226 e. The average Bonchev–Trinajstić information content (AvgIpc) is 2.17. The maximum atomic E-state index is 11.2. The van der Waals surface area contributed by atoms with E-state index < -0.39 is 12.4 Å². The summed E-state index contributed by atoms with van der Waals surface area (Å²) < 4.78 is 10.0. The highest BCUT2D eigenvalue weighted by Gasteiger charge is 2.27. The molecule has 74 valence electrons. The second-order valence-corrected chi connectivity index (χ2v) is 2.87. The Bertz CT molecular complexity index is 222. The van der Waals surface area contributed by atoms with Gasteiger partial charge < -0.3 is 14.6 Å². The van der Waals surface area contributed by atoms with Crippen LogP contribution in [0.2, 0.25) is 0 Å². The molecule has 0 amide bonds. The number of ketones is 1. The first-order chi connectivity index (χ1) is 6.19. The van der Waals surface area contributed by atoms with Crippen LogP contribution in [-0.2, 0) is 14.3 Å². The summed E-state index contributed by atoms with van der Waals surface area (Å²) in [6.07, 6.45) is 1.01. The van der Waals surface area contributed by atoms with E-state index in [1.807, 2.05) is 0 Å². The van der Waals surface area contributed by atoms with Crippen molar-refractivity contribution in [2.75, 3.05) is 7.11 Å². The Labute approximate surface area is 77.1 Å². The van der Waals surface area contributed by atoms with E-state index in [9.17, 15) is 9.90 Å². The van der Waals surface area contributed by atoms with Crippen molar-refractivity contribution in [3.05, 3.63) is 11.8 Å². The average molecular weight is 186 g/mol. The van der Waals surface area contributed by atoms with Crippen LogP contribution >= 0.6 is 0 Å². The summed E-state index contributed by atoms with van der Waals surface area (Å²) in [6.45, 7) is 1.76. The van der Waals surface area contributed by atoms with Crippen molar-refractivity contribution in [3.8, 4) is 0 Å². The van der Waals surface area contributed by atoms with Gasteiger partial charge >= 0.3 is 0 Å². The third-order valence-electron chi connectivity index (χ3n) is 1.93. The Hall–Kier alpha value is -0.870. The topological polar surface area (TPSA) is 55.8 Å². The van der Waals surface area contributed by atoms with Crippen molar-refractivity contribution in [3.63, 3.8) is 0 Å². The molecule has 1 aliphatic rings. The van der Waals surface area contributed by atoms with E-state index in [1.54, 1.807) is 13.0 Å². The standard InChI is InChI=1S/C9H14O4/c1-3-6(10)8-5-4-7(11)9(12-2)13-8/h5,7,9,11H,3-4H2,1-2H3/t7-,9-/m0/s1. The monoisotopic (exact) mass is 186 g/mol. The van der Waals surface area contributed by atoms with E-state index in [4.69, 9.17) is 9.47 Å². The van der Waals surface area contributed by atoms with E-state index in [-0.39, 0.29) is 5.78 Å². The maximum Gasteiger partial charge on any atom is 0.226 e. The first-order valence-corrected chi connectivity index (χ1v) is 4.30. The van der Waals surface area contributed by atoms with Crippen molar-refractivity contribution in [1.82, 2.24) is 0 Å². The number of Topliss-reactive ketones (excluding diaryl/α,β-unsaturated/α-hetero) is 1. The van der Waals surface area contributed by atoms with Crippen LogP contribution in [0.3, 0.4) is 0 Å². The van der Waals surface area contributed by atoms with Gasteiger partial charge in [0.1, 0.15) is 6.10 Å². The summed E-state index contributed by atoms with van der Waals surface area (Å²) in [6, 6.07) is 0. The van der Waals surface area contributed by atoms with Crippen LogP contribution in [0.1, 0.15) is 19.8 Å². The Morgan fingerprint density at radius 3 is 3.08 bits per heavy atom. The molecule has 0 fully saturated rings. The highest BCUT2D eigenvalue weighted by Crippen LogP contribution is 2.19. The first-order valence-electron chi connectivity index (χ1n) is 4.30. The predicted molar refractivity (Wildman–Crippen MR) is 45.9 cm³/mol. The Kier molecular flexibility index (Phi) is 3.45. The molecule has 13 heavy (non-hydrogen) atoms. The second kappa shape index (κ2) is 4.39. The van der Waals surface area contributed by atoms with Crippen molar-refractivity contribution in [1.29, 1.82) is 0 Å². The van der Waals surface area contributed by atoms with Gasteiger partial charge in [0, 0.05) is 20.0 Å². The third-order valence-corrected chi connectivity index (χ3v) is 1.93. The van der Waals surface area contributed by atoms with Crippen LogP contribution in [-0.4, -0.2) is 30.4 Å². The van der Waals surface area contributed by atoms with Crippen LogP contribution in [0.5, 0.6) is 0 Å². The molecule has 2 atom stereocenters. The second-order valence-electron chi connectivity index (χ2n) is 2.87. The minimum absolute atomic E-state index is 0.0612. The zero-order valence-corrected chi connectivity index (χ0v) is 7.82. The molecule has 0 aromatic carbocycles. The minimum atomic E-state index is -0.713. The van der Waals surface area contributed by atoms with Crippen LogP contribution in [0.15, 0.2) is 11.8 Å². The lowest BCUT2D eigenvalue weighted by Crippen LogP contribution is -2.34. The lowest BCUT2D eigenvalue weighted by Gasteiger charge is -2.26. The molecule has 1 aliphatic heterocycles. The fraction of sp³-hybridized carbons (Fsp3) is 0.667. The van der Waals surface area contributed by atoms with Crippen molar-refractivity contribution >= 4 is 5.78 Å². The van der Waals surface area contributed by atoms with Crippen molar-refractivity contribution in [2.24, 2.45) is 0 Å². The van der Waals surface area contributed by atoms with Crippen molar-refractivity contribution in [2.45, 2.75) is 32.2 Å². The fourth-order valence-corrected chi connectivity index (χ4v) is 1.15. The van der Waals surface area contributed by atoms with E-state index in [2.05, 4.69) is 0 Å². The number of rotatable bonds is 3. The van der Waals surface area contributed by atoms with Gasteiger partial charge in [0.15, 0.2) is 11.5 Å². The normalized spacial score (nSPS) is 27.8. The molecule has 1 heterocycles. The van der Waals surface area contributed by atoms with E-state index in [0.29, 0.717) is 18.6 Å². The lowest BCUT2D eigenvalue weighted by atomic mass is 10.1. The van der Waals surface area contributed by atoms with E-state index in [0.717, 1.165) is 0 Å². The van der Waals surface area contributed by atoms with Gasteiger partial charge in [-0.3, -0.25) is 4.79 Å². The van der Waals surface area contributed by atoms with E-state index >= 15 is 0 Å². The van der Waals surface area contributed by atoms with Gasteiger partial charge in [0.05, 0.1) is 0 Å². The molecular weight excluding hydrogens is 172 g/mol. The molecule has 4 nitrogen and oxygen atoms in total. The molecule has 4 heteroatoms. The highest BCUT2D eigenvalue weighted by atomic mass is 16.7. The summed E-state index contributed by atoms with van der Waals surface area (Å²) in [7, 11) is 1.44. The van der Waals surface area contributed by atoms with Gasteiger partial charge in [-0.05, 0) is 6.08 Å². The number of hydrogen-bond donors (Lipinski definition) is 1. The number of hydrogen-bond acceptors (Lipinski definition) is 4. The first kappa shape index (κ1) is 10.2. The maximum absolute atomic E-state index is 11.2. The minimum Gasteiger partial charge on any atom is -0.459 e. The summed E-state index contributed by atoms with van der Waals surface area (Å²) >= 11 is 0. The number of carbonyl (C=O) groups is 1. The molecule has 0 radical (unpaired) electrons. The molecule has 1 rings (SSSR count). The molecule has 0 saturated heterocycles. The van der Waals surface area contributed by atoms with Crippen LogP contribution < -0.4 is 0 Å². The number of aliphatic hydroxyl groups is 1. The van der Waals surface area contributed by atoms with Gasteiger partial charge in [-0.2, -0.15) is 0 Å². The largest absolute Gasteiger partial charge is 0.459 e. The van der Waals surface area contributed by atoms with Gasteiger partial charge in [-0.25, -0.2) is 0 Å². The SMILES string of the molecule is CCC(=O)C1=CC[C@H](O)[C@@H](OC)O1. The van der Waals surface area contributed by atoms with Crippen molar-refractivity contribution < 1.29 is 19.4 Å². The van der Waals surface area contributed by atoms with Gasteiger partial charge in [0.25, 0.3) is 0 Å². The molecule has 0 aromatic rings. The van der Waals surface area contributed by atoms with Crippen LogP contribution in [0, 0.1) is 0 Å². The molecule has 0 spiro atoms. The Morgan fingerprint density at radius 2 is 2.54 bits per heavy atom. The number of carbonyl (C=O) groups excluding carboxylic acids is 1. The zero-order chi connectivity index (χ0) is 9.84. The van der Waals surface area contributed by atoms with E-state index in [1.165, 1.54) is 7.11 Å². The van der Waals surface area contributed by atoms with Crippen LogP contribution in [0.25, 0.3) is 0 Å². The number of ether oxygens (including phenoxy) is 2. The van der Waals surface area contributed by atoms with Gasteiger partial charge in [-0.15, -0.1) is 0 Å². The lowest BCUT2D eigenvalue weighted by molar-refractivity contribution is -0.169. The summed E-state index contributed by atoms with van der Waals surface area (Å²) in [5.41, 5.74) is 0. The van der Waals surface area contributed by atoms with Gasteiger partial charge in [0.2, 0.25) is 6.29 Å². The zero-order valence-electron chi connectivity index (χ0n) is 7.82. The van der Waals surface area contributed by atoms with Crippen LogP contribution in [0.4, 0.5) is 0 Å². The Morgan fingerprint density at radius 1 is 1.85 bits per heavy atom. The van der Waals surface area contributed by atoms with Gasteiger partial charge in [-0.1, -0.05) is 6.92 Å². The number of allylic oxidation sites excluding steroid dienone is 1. The number of methoxy groups -OCH3 is 1. The quantitative estimate of drug-likeness (QED) is 0.701. The summed E-state index contributed by atoms with van der Waals surface area (Å²) in [4.78, 5) is 11.2. The molecule has 0 saturated carbocycles.